The monoisotopic (exact) mass is 344 g/mol. The van der Waals surface area contributed by atoms with E-state index < -0.39 is 4.92 Å². The number of nitro benzene ring substituents is 1. The van der Waals surface area contributed by atoms with Crippen molar-refractivity contribution in [1.82, 2.24) is 10.2 Å². The van der Waals surface area contributed by atoms with Gasteiger partial charge in [0.15, 0.2) is 0 Å². The number of nitrogens with zero attached hydrogens (tertiary/aromatic N) is 3. The Balaban J connectivity index is 1.75. The molecule has 0 unspecified atom stereocenters. The summed E-state index contributed by atoms with van der Waals surface area (Å²) >= 11 is 0. The largest absolute Gasteiger partial charge is 0.495 e. The lowest BCUT2D eigenvalue weighted by atomic mass is 10.2. The molecule has 9 heteroatoms. The van der Waals surface area contributed by atoms with Crippen LogP contribution in [0.15, 0.2) is 46.9 Å². The third kappa shape index (κ3) is 3.71. The maximum absolute atomic E-state index is 12.9. The van der Waals surface area contributed by atoms with Gasteiger partial charge in [-0.2, -0.15) is 0 Å². The van der Waals surface area contributed by atoms with Gasteiger partial charge in [0.1, 0.15) is 11.6 Å². The van der Waals surface area contributed by atoms with Crippen LogP contribution in [0.3, 0.4) is 0 Å². The molecule has 0 saturated carbocycles. The van der Waals surface area contributed by atoms with Crippen LogP contribution < -0.4 is 10.1 Å². The van der Waals surface area contributed by atoms with E-state index in [4.69, 9.17) is 9.15 Å². The number of hydrogen-bond donors (Lipinski definition) is 1. The summed E-state index contributed by atoms with van der Waals surface area (Å²) in [4.78, 5) is 10.4. The molecule has 0 atom stereocenters. The molecule has 0 spiro atoms. The lowest BCUT2D eigenvalue weighted by Gasteiger charge is -2.09. The van der Waals surface area contributed by atoms with Crippen molar-refractivity contribution >= 4 is 11.4 Å². The van der Waals surface area contributed by atoms with Crippen molar-refractivity contribution in [2.75, 3.05) is 12.4 Å². The molecule has 1 heterocycles. The quantitative estimate of drug-likeness (QED) is 0.540. The van der Waals surface area contributed by atoms with Crippen molar-refractivity contribution in [3.8, 4) is 17.2 Å². The molecule has 0 fully saturated rings. The van der Waals surface area contributed by atoms with Gasteiger partial charge in [0.25, 0.3) is 5.69 Å². The van der Waals surface area contributed by atoms with Crippen molar-refractivity contribution < 1.29 is 18.5 Å². The molecule has 25 heavy (non-hydrogen) atoms. The minimum Gasteiger partial charge on any atom is -0.495 e. The second-order valence-electron chi connectivity index (χ2n) is 5.00. The highest BCUT2D eigenvalue weighted by molar-refractivity contribution is 5.61. The highest BCUT2D eigenvalue weighted by atomic mass is 19.1. The molecular weight excluding hydrogens is 331 g/mol. The van der Waals surface area contributed by atoms with Crippen LogP contribution in [0.25, 0.3) is 11.5 Å². The molecule has 0 radical (unpaired) electrons. The summed E-state index contributed by atoms with van der Waals surface area (Å²) in [6.45, 7) is 0.145. The van der Waals surface area contributed by atoms with Gasteiger partial charge in [0.05, 0.1) is 24.3 Å². The van der Waals surface area contributed by atoms with Gasteiger partial charge in [-0.1, -0.05) is 0 Å². The highest BCUT2D eigenvalue weighted by Crippen LogP contribution is 2.29. The van der Waals surface area contributed by atoms with Gasteiger partial charge in [-0.25, -0.2) is 4.39 Å². The fourth-order valence-electron chi connectivity index (χ4n) is 2.15. The van der Waals surface area contributed by atoms with Gasteiger partial charge in [-0.05, 0) is 30.3 Å². The van der Waals surface area contributed by atoms with Gasteiger partial charge < -0.3 is 14.5 Å². The van der Waals surface area contributed by atoms with E-state index in [-0.39, 0.29) is 29.8 Å². The maximum atomic E-state index is 12.9. The zero-order valence-corrected chi connectivity index (χ0v) is 13.1. The van der Waals surface area contributed by atoms with Gasteiger partial charge in [-0.3, -0.25) is 10.1 Å². The minimum absolute atomic E-state index is 0.0687. The molecule has 0 amide bonds. The SMILES string of the molecule is COc1ccc([N+](=O)[O-])cc1NCc1nnc(-c2ccc(F)cc2)o1. The highest BCUT2D eigenvalue weighted by Gasteiger charge is 2.13. The number of halogens is 1. The number of methoxy groups -OCH3 is 1. The van der Waals surface area contributed by atoms with E-state index in [1.54, 1.807) is 0 Å². The van der Waals surface area contributed by atoms with Crippen molar-refractivity contribution in [2.45, 2.75) is 6.54 Å². The standard InChI is InChI=1S/C16H13FN4O4/c1-24-14-7-6-12(21(22)23)8-13(14)18-9-15-19-20-16(25-15)10-2-4-11(17)5-3-10/h2-8,18H,9H2,1H3. The first-order valence-electron chi connectivity index (χ1n) is 7.21. The molecular formula is C16H13FN4O4. The van der Waals surface area contributed by atoms with E-state index in [1.165, 1.54) is 49.6 Å². The number of nitrogens with one attached hydrogen (secondary N) is 1. The van der Waals surface area contributed by atoms with Crippen molar-refractivity contribution in [3.05, 3.63) is 64.3 Å². The number of hydrogen-bond acceptors (Lipinski definition) is 7. The molecule has 128 valence electrons. The van der Waals surface area contributed by atoms with Crippen molar-refractivity contribution in [2.24, 2.45) is 0 Å². The number of anilines is 1. The summed E-state index contributed by atoms with van der Waals surface area (Å²) in [6.07, 6.45) is 0. The van der Waals surface area contributed by atoms with E-state index >= 15 is 0 Å². The summed E-state index contributed by atoms with van der Waals surface area (Å²) in [6, 6.07) is 9.86. The van der Waals surface area contributed by atoms with Crippen LogP contribution in [0.2, 0.25) is 0 Å². The third-order valence-electron chi connectivity index (χ3n) is 3.38. The third-order valence-corrected chi connectivity index (χ3v) is 3.38. The molecule has 0 aliphatic carbocycles. The van der Waals surface area contributed by atoms with Crippen LogP contribution in [0.4, 0.5) is 15.8 Å². The number of non-ortho nitro benzene ring substituents is 1. The summed E-state index contributed by atoms with van der Waals surface area (Å²) in [5.74, 6) is 0.613. The first-order chi connectivity index (χ1) is 12.1. The number of rotatable bonds is 6. The lowest BCUT2D eigenvalue weighted by molar-refractivity contribution is -0.384. The van der Waals surface area contributed by atoms with E-state index in [2.05, 4.69) is 15.5 Å². The fourth-order valence-corrected chi connectivity index (χ4v) is 2.15. The average molecular weight is 344 g/mol. The van der Waals surface area contributed by atoms with Crippen molar-refractivity contribution in [1.29, 1.82) is 0 Å². The summed E-state index contributed by atoms with van der Waals surface area (Å²) in [5, 5.41) is 21.6. The zero-order valence-electron chi connectivity index (χ0n) is 13.1. The summed E-state index contributed by atoms with van der Waals surface area (Å²) in [5.41, 5.74) is 0.951. The van der Waals surface area contributed by atoms with Crippen LogP contribution in [0.1, 0.15) is 5.89 Å². The first-order valence-corrected chi connectivity index (χ1v) is 7.21. The number of benzene rings is 2. The van der Waals surface area contributed by atoms with E-state index in [9.17, 15) is 14.5 Å². The molecule has 3 rings (SSSR count). The first kappa shape index (κ1) is 16.4. The van der Waals surface area contributed by atoms with Gasteiger partial charge >= 0.3 is 0 Å². The van der Waals surface area contributed by atoms with Crippen LogP contribution >= 0.6 is 0 Å². The van der Waals surface area contributed by atoms with Crippen LogP contribution in [-0.4, -0.2) is 22.2 Å². The summed E-state index contributed by atoms with van der Waals surface area (Å²) in [7, 11) is 1.46. The van der Waals surface area contributed by atoms with Crippen LogP contribution in [0, 0.1) is 15.9 Å². The predicted octanol–water partition coefficient (Wildman–Crippen LogP) is 3.40. The molecule has 1 N–H and O–H groups in total. The predicted molar refractivity (Wildman–Crippen MR) is 86.7 cm³/mol. The molecule has 0 aliphatic heterocycles. The summed E-state index contributed by atoms with van der Waals surface area (Å²) < 4.78 is 23.6. The maximum Gasteiger partial charge on any atom is 0.271 e. The fraction of sp³-hybridized carbons (Fsp3) is 0.125. The van der Waals surface area contributed by atoms with E-state index in [1.807, 2.05) is 0 Å². The smallest absolute Gasteiger partial charge is 0.271 e. The molecule has 2 aromatic carbocycles. The lowest BCUT2D eigenvalue weighted by Crippen LogP contribution is -2.02. The Morgan fingerprint density at radius 1 is 1.24 bits per heavy atom. The Morgan fingerprint density at radius 2 is 2.00 bits per heavy atom. The molecule has 0 saturated heterocycles. The molecule has 0 aliphatic rings. The molecule has 0 bridgehead atoms. The molecule has 1 aromatic heterocycles. The Hall–Kier alpha value is -3.49. The van der Waals surface area contributed by atoms with Gasteiger partial charge in [0.2, 0.25) is 11.8 Å². The Kier molecular flexibility index (Phi) is 4.55. The van der Waals surface area contributed by atoms with Crippen molar-refractivity contribution in [3.63, 3.8) is 0 Å². The second-order valence-corrected chi connectivity index (χ2v) is 5.00. The Morgan fingerprint density at radius 3 is 2.68 bits per heavy atom. The minimum atomic E-state index is -0.496. The Bertz CT molecular complexity index is 895. The van der Waals surface area contributed by atoms with E-state index in [0.29, 0.717) is 17.0 Å². The Labute approximate surface area is 141 Å². The van der Waals surface area contributed by atoms with Crippen LogP contribution in [0.5, 0.6) is 5.75 Å². The zero-order chi connectivity index (χ0) is 17.8. The number of ether oxygens (including phenoxy) is 1. The van der Waals surface area contributed by atoms with Gasteiger partial charge in [0, 0.05) is 17.7 Å². The van der Waals surface area contributed by atoms with Gasteiger partial charge in [-0.15, -0.1) is 10.2 Å². The normalized spacial score (nSPS) is 10.5. The molecule has 3 aromatic rings. The van der Waals surface area contributed by atoms with Crippen LogP contribution in [-0.2, 0) is 6.54 Å². The molecule has 8 nitrogen and oxygen atoms in total. The van der Waals surface area contributed by atoms with E-state index in [0.717, 1.165) is 0 Å². The number of nitro groups is 1. The number of aromatic nitrogens is 2. The average Bonchev–Trinajstić information content (AvgIpc) is 3.09. The topological polar surface area (TPSA) is 103 Å². The second kappa shape index (κ2) is 6.95.